The third-order valence-corrected chi connectivity index (χ3v) is 5.70. The van der Waals surface area contributed by atoms with Gasteiger partial charge >= 0.3 is 0 Å². The SMILES string of the molecule is Cc1cccc(C(=O)N2C[C@@H]3CC[C@H](C2)N(Cc2c(C)noc2C)C3=O)n1. The van der Waals surface area contributed by atoms with Crippen LogP contribution in [0.15, 0.2) is 22.7 Å². The molecule has 0 aliphatic carbocycles. The van der Waals surface area contributed by atoms with Gasteiger partial charge in [-0.25, -0.2) is 4.98 Å². The molecule has 27 heavy (non-hydrogen) atoms. The summed E-state index contributed by atoms with van der Waals surface area (Å²) < 4.78 is 5.25. The van der Waals surface area contributed by atoms with E-state index in [1.807, 2.05) is 37.8 Å². The molecule has 2 bridgehead atoms. The second-order valence-corrected chi connectivity index (χ2v) is 7.57. The Morgan fingerprint density at radius 1 is 1.22 bits per heavy atom. The molecule has 0 saturated carbocycles. The van der Waals surface area contributed by atoms with Gasteiger partial charge in [-0.2, -0.15) is 0 Å². The maximum atomic E-state index is 13.0. The molecule has 0 unspecified atom stereocenters. The second-order valence-electron chi connectivity index (χ2n) is 7.57. The Bertz CT molecular complexity index is 872. The van der Waals surface area contributed by atoms with Gasteiger partial charge in [0.2, 0.25) is 5.91 Å². The van der Waals surface area contributed by atoms with Crippen molar-refractivity contribution in [1.82, 2.24) is 19.9 Å². The summed E-state index contributed by atoms with van der Waals surface area (Å²) in [7, 11) is 0. The van der Waals surface area contributed by atoms with Crippen molar-refractivity contribution >= 4 is 11.8 Å². The van der Waals surface area contributed by atoms with Gasteiger partial charge in [-0.05, 0) is 45.7 Å². The summed E-state index contributed by atoms with van der Waals surface area (Å²) in [5.74, 6) is 0.622. The molecule has 3 saturated heterocycles. The zero-order valence-electron chi connectivity index (χ0n) is 15.9. The number of hydrogen-bond donors (Lipinski definition) is 0. The molecular formula is C20H24N4O3. The Balaban J connectivity index is 1.58. The fourth-order valence-corrected chi connectivity index (χ4v) is 4.14. The number of pyridine rings is 1. The summed E-state index contributed by atoms with van der Waals surface area (Å²) in [6.45, 7) is 7.13. The van der Waals surface area contributed by atoms with E-state index >= 15 is 0 Å². The normalized spacial score (nSPS) is 22.3. The van der Waals surface area contributed by atoms with Crippen LogP contribution in [0, 0.1) is 26.7 Å². The fraction of sp³-hybridized carbons (Fsp3) is 0.500. The van der Waals surface area contributed by atoms with Crippen molar-refractivity contribution in [1.29, 1.82) is 0 Å². The van der Waals surface area contributed by atoms with Crippen LogP contribution in [0.4, 0.5) is 0 Å². The van der Waals surface area contributed by atoms with Crippen molar-refractivity contribution in [2.45, 2.75) is 46.2 Å². The topological polar surface area (TPSA) is 79.5 Å². The number of fused-ring (bicyclic) bond motifs is 4. The molecule has 2 aromatic heterocycles. The summed E-state index contributed by atoms with van der Waals surface area (Å²) in [6.07, 6.45) is 1.73. The summed E-state index contributed by atoms with van der Waals surface area (Å²) in [5.41, 5.74) is 3.04. The molecule has 0 aromatic carbocycles. The average molecular weight is 368 g/mol. The molecular weight excluding hydrogens is 344 g/mol. The number of carbonyl (C=O) groups is 2. The fourth-order valence-electron chi connectivity index (χ4n) is 4.14. The van der Waals surface area contributed by atoms with Gasteiger partial charge in [0.15, 0.2) is 0 Å². The lowest BCUT2D eigenvalue weighted by atomic mass is 9.93. The van der Waals surface area contributed by atoms with E-state index in [1.165, 1.54) is 0 Å². The molecule has 3 aliphatic heterocycles. The maximum Gasteiger partial charge on any atom is 0.272 e. The Morgan fingerprint density at radius 3 is 2.74 bits per heavy atom. The van der Waals surface area contributed by atoms with E-state index < -0.39 is 0 Å². The third kappa shape index (κ3) is 3.22. The van der Waals surface area contributed by atoms with E-state index in [-0.39, 0.29) is 23.8 Å². The lowest BCUT2D eigenvalue weighted by molar-refractivity contribution is -0.140. The number of rotatable bonds is 3. The Morgan fingerprint density at radius 2 is 2.04 bits per heavy atom. The minimum atomic E-state index is -0.155. The first kappa shape index (κ1) is 17.7. The van der Waals surface area contributed by atoms with Crippen LogP contribution in [0.25, 0.3) is 0 Å². The van der Waals surface area contributed by atoms with E-state index in [2.05, 4.69) is 10.1 Å². The van der Waals surface area contributed by atoms with Gasteiger partial charge in [0.05, 0.1) is 18.2 Å². The first-order valence-electron chi connectivity index (χ1n) is 9.39. The zero-order valence-corrected chi connectivity index (χ0v) is 15.9. The molecule has 2 amide bonds. The van der Waals surface area contributed by atoms with Crippen LogP contribution in [-0.4, -0.2) is 50.9 Å². The van der Waals surface area contributed by atoms with Crippen molar-refractivity contribution in [3.05, 3.63) is 46.6 Å². The highest BCUT2D eigenvalue weighted by molar-refractivity contribution is 5.93. The standard InChI is InChI=1S/C20H24N4O3/c1-12-5-4-6-18(21-12)20(26)23-9-15-7-8-16(10-23)24(19(15)25)11-17-13(2)22-27-14(17)3/h4-6,15-16H,7-11H2,1-3H3/t15-,16+/m0/s1. The Hall–Kier alpha value is -2.70. The van der Waals surface area contributed by atoms with E-state index in [0.29, 0.717) is 25.3 Å². The quantitative estimate of drug-likeness (QED) is 0.830. The van der Waals surface area contributed by atoms with Crippen LogP contribution in [0.5, 0.6) is 0 Å². The van der Waals surface area contributed by atoms with Gasteiger partial charge in [0, 0.05) is 30.4 Å². The number of aromatic nitrogens is 2. The molecule has 0 radical (unpaired) electrons. The first-order valence-corrected chi connectivity index (χ1v) is 9.39. The van der Waals surface area contributed by atoms with E-state index in [9.17, 15) is 9.59 Å². The summed E-state index contributed by atoms with van der Waals surface area (Å²) >= 11 is 0. The molecule has 0 spiro atoms. The van der Waals surface area contributed by atoms with Crippen molar-refractivity contribution in [2.24, 2.45) is 5.92 Å². The van der Waals surface area contributed by atoms with Gasteiger partial charge in [-0.1, -0.05) is 11.2 Å². The predicted molar refractivity (Wildman–Crippen MR) is 97.9 cm³/mol. The van der Waals surface area contributed by atoms with E-state index in [4.69, 9.17) is 4.52 Å². The van der Waals surface area contributed by atoms with E-state index in [0.717, 1.165) is 35.6 Å². The lowest BCUT2D eigenvalue weighted by Crippen LogP contribution is -2.47. The number of amides is 2. The summed E-state index contributed by atoms with van der Waals surface area (Å²) in [6, 6.07) is 5.47. The van der Waals surface area contributed by atoms with E-state index in [1.54, 1.807) is 11.0 Å². The highest BCUT2D eigenvalue weighted by atomic mass is 16.5. The van der Waals surface area contributed by atoms with Crippen LogP contribution in [0.1, 0.15) is 46.0 Å². The summed E-state index contributed by atoms with van der Waals surface area (Å²) in [5, 5.41) is 4.00. The minimum absolute atomic E-state index is 0.0127. The summed E-state index contributed by atoms with van der Waals surface area (Å²) in [4.78, 5) is 34.1. The predicted octanol–water partition coefficient (Wildman–Crippen LogP) is 2.26. The maximum absolute atomic E-state index is 13.0. The largest absolute Gasteiger partial charge is 0.361 e. The van der Waals surface area contributed by atoms with Crippen LogP contribution >= 0.6 is 0 Å². The first-order chi connectivity index (χ1) is 12.9. The molecule has 5 heterocycles. The molecule has 0 N–H and O–H groups in total. The van der Waals surface area contributed by atoms with Crippen LogP contribution in [-0.2, 0) is 11.3 Å². The highest BCUT2D eigenvalue weighted by Gasteiger charge is 2.42. The van der Waals surface area contributed by atoms with Gasteiger partial charge in [-0.3, -0.25) is 9.59 Å². The Labute approximate surface area is 158 Å². The molecule has 5 rings (SSSR count). The van der Waals surface area contributed by atoms with Gasteiger partial charge in [0.25, 0.3) is 5.91 Å². The molecule has 2 aromatic rings. The van der Waals surface area contributed by atoms with Gasteiger partial charge in [0.1, 0.15) is 11.5 Å². The van der Waals surface area contributed by atoms with Gasteiger partial charge in [-0.15, -0.1) is 0 Å². The number of aryl methyl sites for hydroxylation is 3. The zero-order chi connectivity index (χ0) is 19.1. The molecule has 3 fully saturated rings. The van der Waals surface area contributed by atoms with Crippen molar-refractivity contribution < 1.29 is 14.1 Å². The van der Waals surface area contributed by atoms with Crippen molar-refractivity contribution in [2.75, 3.05) is 13.1 Å². The average Bonchev–Trinajstić information content (AvgIpc) is 2.82. The lowest BCUT2D eigenvalue weighted by Gasteiger charge is -2.35. The highest BCUT2D eigenvalue weighted by Crippen LogP contribution is 2.32. The number of hydrogen-bond acceptors (Lipinski definition) is 5. The smallest absolute Gasteiger partial charge is 0.272 e. The number of nitrogens with zero attached hydrogens (tertiary/aromatic N) is 4. The monoisotopic (exact) mass is 368 g/mol. The van der Waals surface area contributed by atoms with Crippen LogP contribution in [0.2, 0.25) is 0 Å². The van der Waals surface area contributed by atoms with Gasteiger partial charge < -0.3 is 14.3 Å². The Kier molecular flexibility index (Phi) is 4.45. The molecule has 7 nitrogen and oxygen atoms in total. The minimum Gasteiger partial charge on any atom is -0.361 e. The van der Waals surface area contributed by atoms with Crippen LogP contribution in [0.3, 0.4) is 0 Å². The third-order valence-electron chi connectivity index (χ3n) is 5.70. The number of carbonyl (C=O) groups excluding carboxylic acids is 2. The molecule has 7 heteroatoms. The van der Waals surface area contributed by atoms with Crippen molar-refractivity contribution in [3.8, 4) is 0 Å². The molecule has 3 aliphatic rings. The van der Waals surface area contributed by atoms with Crippen molar-refractivity contribution in [3.63, 3.8) is 0 Å². The second kappa shape index (κ2) is 6.79. The molecule has 142 valence electrons. The number of piperidine rings is 1. The molecule has 2 atom stereocenters. The van der Waals surface area contributed by atoms with Crippen LogP contribution < -0.4 is 0 Å².